The molecule has 2 aromatic rings. The van der Waals surface area contributed by atoms with Crippen molar-refractivity contribution in [3.63, 3.8) is 0 Å². The maximum absolute atomic E-state index is 12.3. The Morgan fingerprint density at radius 2 is 2.12 bits per heavy atom. The predicted octanol–water partition coefficient (Wildman–Crippen LogP) is 2.64. The first-order valence-corrected chi connectivity index (χ1v) is 9.95. The molecule has 0 unspecified atom stereocenters. The number of nitrogens with zero attached hydrogens (tertiary/aromatic N) is 2. The Morgan fingerprint density at radius 1 is 1.27 bits per heavy atom. The summed E-state index contributed by atoms with van der Waals surface area (Å²) in [5, 5.41) is 1.33. The van der Waals surface area contributed by atoms with Gasteiger partial charge in [-0.1, -0.05) is 18.2 Å². The Balaban J connectivity index is 1.45. The largest absolute Gasteiger partial charge is 0.357 e. The van der Waals surface area contributed by atoms with E-state index >= 15 is 0 Å². The summed E-state index contributed by atoms with van der Waals surface area (Å²) in [5.41, 5.74) is 9.59. The number of para-hydroxylation sites is 1. The van der Waals surface area contributed by atoms with Crippen LogP contribution in [-0.4, -0.2) is 52.9 Å². The van der Waals surface area contributed by atoms with Crippen LogP contribution >= 0.6 is 0 Å². The number of rotatable bonds is 5. The van der Waals surface area contributed by atoms with E-state index in [0.29, 0.717) is 30.8 Å². The van der Waals surface area contributed by atoms with Crippen molar-refractivity contribution in [1.82, 2.24) is 14.8 Å². The van der Waals surface area contributed by atoms with Gasteiger partial charge in [0.05, 0.1) is 0 Å². The van der Waals surface area contributed by atoms with Gasteiger partial charge in [-0.3, -0.25) is 9.69 Å². The summed E-state index contributed by atoms with van der Waals surface area (Å²) in [6, 6.07) is 8.96. The third kappa shape index (κ3) is 3.26. The van der Waals surface area contributed by atoms with Crippen LogP contribution in [-0.2, 0) is 11.3 Å². The fourth-order valence-electron chi connectivity index (χ4n) is 4.84. The SMILES string of the molecule is Cc1c(CN2CC[C@@H]3[C@@H](CCC(=O)N3CCCN)C2)[nH]c2ccccc12. The second-order valence-corrected chi connectivity index (χ2v) is 7.89. The molecule has 1 amide bonds. The molecule has 4 rings (SSSR count). The van der Waals surface area contributed by atoms with Crippen LogP contribution in [0.2, 0.25) is 0 Å². The molecule has 5 heteroatoms. The van der Waals surface area contributed by atoms with E-state index in [1.165, 1.54) is 22.2 Å². The van der Waals surface area contributed by atoms with Crippen LogP contribution in [0.25, 0.3) is 10.9 Å². The number of aromatic nitrogens is 1. The van der Waals surface area contributed by atoms with Crippen LogP contribution < -0.4 is 5.73 Å². The number of likely N-dealkylation sites (tertiary alicyclic amines) is 2. The number of H-pyrrole nitrogens is 1. The Morgan fingerprint density at radius 3 is 2.92 bits per heavy atom. The lowest BCUT2D eigenvalue weighted by atomic mass is 9.83. The van der Waals surface area contributed by atoms with Crippen LogP contribution in [0.4, 0.5) is 0 Å². The molecule has 5 nitrogen and oxygen atoms in total. The molecule has 3 heterocycles. The van der Waals surface area contributed by atoms with Crippen molar-refractivity contribution in [2.45, 2.75) is 45.2 Å². The first kappa shape index (κ1) is 17.6. The van der Waals surface area contributed by atoms with Crippen molar-refractivity contribution < 1.29 is 4.79 Å². The van der Waals surface area contributed by atoms with Crippen LogP contribution in [0.1, 0.15) is 36.9 Å². The number of carbonyl (C=O) groups excluding carboxylic acids is 1. The van der Waals surface area contributed by atoms with Crippen molar-refractivity contribution in [3.05, 3.63) is 35.5 Å². The summed E-state index contributed by atoms with van der Waals surface area (Å²) in [7, 11) is 0. The molecule has 2 saturated heterocycles. The fraction of sp³-hybridized carbons (Fsp3) is 0.571. The standard InChI is InChI=1S/C21H30N4O/c1-15-17-5-2-3-6-18(17)23-19(15)14-24-12-9-20-16(13-24)7-8-21(26)25(20)11-4-10-22/h2-3,5-6,16,20,23H,4,7-14,22H2,1H3/t16-,20+/m0/s1. The Labute approximate surface area is 155 Å². The number of aryl methyl sites for hydroxylation is 1. The van der Waals surface area contributed by atoms with Gasteiger partial charge in [-0.05, 0) is 50.3 Å². The molecule has 2 fully saturated rings. The third-order valence-electron chi connectivity index (χ3n) is 6.28. The Kier molecular flexibility index (Phi) is 5.00. The lowest BCUT2D eigenvalue weighted by Gasteiger charge is -2.47. The zero-order valence-corrected chi connectivity index (χ0v) is 15.7. The van der Waals surface area contributed by atoms with E-state index in [1.54, 1.807) is 0 Å². The molecule has 3 N–H and O–H groups in total. The van der Waals surface area contributed by atoms with E-state index in [-0.39, 0.29) is 0 Å². The lowest BCUT2D eigenvalue weighted by Crippen LogP contribution is -2.56. The van der Waals surface area contributed by atoms with E-state index in [0.717, 1.165) is 45.4 Å². The third-order valence-corrected chi connectivity index (χ3v) is 6.28. The van der Waals surface area contributed by atoms with E-state index < -0.39 is 0 Å². The van der Waals surface area contributed by atoms with Crippen molar-refractivity contribution in [3.8, 4) is 0 Å². The number of carbonyl (C=O) groups is 1. The smallest absolute Gasteiger partial charge is 0.222 e. The van der Waals surface area contributed by atoms with Gasteiger partial charge in [0, 0.05) is 55.2 Å². The number of nitrogens with one attached hydrogen (secondary N) is 1. The highest BCUT2D eigenvalue weighted by molar-refractivity contribution is 5.84. The highest BCUT2D eigenvalue weighted by atomic mass is 16.2. The molecule has 0 radical (unpaired) electrons. The zero-order valence-electron chi connectivity index (χ0n) is 15.7. The first-order chi connectivity index (χ1) is 12.7. The van der Waals surface area contributed by atoms with Gasteiger partial charge < -0.3 is 15.6 Å². The molecule has 2 aliphatic rings. The summed E-state index contributed by atoms with van der Waals surface area (Å²) in [6.45, 7) is 6.83. The van der Waals surface area contributed by atoms with E-state index in [1.807, 2.05) is 0 Å². The lowest BCUT2D eigenvalue weighted by molar-refractivity contribution is -0.141. The van der Waals surface area contributed by atoms with Crippen molar-refractivity contribution >= 4 is 16.8 Å². The summed E-state index contributed by atoms with van der Waals surface area (Å²) in [6.07, 6.45) is 3.73. The molecule has 2 atom stereocenters. The van der Waals surface area contributed by atoms with Gasteiger partial charge in [0.1, 0.15) is 0 Å². The summed E-state index contributed by atoms with van der Waals surface area (Å²) < 4.78 is 0. The average molecular weight is 354 g/mol. The molecular formula is C21H30N4O. The maximum Gasteiger partial charge on any atom is 0.222 e. The van der Waals surface area contributed by atoms with Gasteiger partial charge in [0.25, 0.3) is 0 Å². The molecule has 0 aliphatic carbocycles. The van der Waals surface area contributed by atoms with Crippen LogP contribution in [0.15, 0.2) is 24.3 Å². The number of hydrogen-bond acceptors (Lipinski definition) is 3. The monoisotopic (exact) mass is 354 g/mol. The van der Waals surface area contributed by atoms with Crippen molar-refractivity contribution in [2.75, 3.05) is 26.2 Å². The van der Waals surface area contributed by atoms with Gasteiger partial charge >= 0.3 is 0 Å². The van der Waals surface area contributed by atoms with Gasteiger partial charge in [-0.25, -0.2) is 0 Å². The fourth-order valence-corrected chi connectivity index (χ4v) is 4.84. The topological polar surface area (TPSA) is 65.4 Å². The highest BCUT2D eigenvalue weighted by Gasteiger charge is 2.38. The summed E-state index contributed by atoms with van der Waals surface area (Å²) in [4.78, 5) is 20.6. The number of benzene rings is 1. The minimum Gasteiger partial charge on any atom is -0.357 e. The molecular weight excluding hydrogens is 324 g/mol. The van der Waals surface area contributed by atoms with Crippen molar-refractivity contribution in [1.29, 1.82) is 0 Å². The Bertz CT molecular complexity index is 783. The number of aromatic amines is 1. The minimum absolute atomic E-state index is 0.333. The number of amides is 1. The molecule has 0 saturated carbocycles. The van der Waals surface area contributed by atoms with E-state index in [9.17, 15) is 4.79 Å². The average Bonchev–Trinajstić information content (AvgIpc) is 2.97. The zero-order chi connectivity index (χ0) is 18.1. The van der Waals surface area contributed by atoms with Gasteiger partial charge in [-0.2, -0.15) is 0 Å². The molecule has 140 valence electrons. The molecule has 1 aromatic heterocycles. The normalized spacial score (nSPS) is 24.2. The molecule has 0 bridgehead atoms. The summed E-state index contributed by atoms with van der Waals surface area (Å²) in [5.74, 6) is 0.934. The molecule has 2 aliphatic heterocycles. The van der Waals surface area contributed by atoms with Gasteiger partial charge in [-0.15, -0.1) is 0 Å². The highest BCUT2D eigenvalue weighted by Crippen LogP contribution is 2.32. The molecule has 26 heavy (non-hydrogen) atoms. The van der Waals surface area contributed by atoms with E-state index in [2.05, 4.69) is 46.0 Å². The predicted molar refractivity (Wildman–Crippen MR) is 105 cm³/mol. The van der Waals surface area contributed by atoms with Crippen molar-refractivity contribution in [2.24, 2.45) is 11.7 Å². The minimum atomic E-state index is 0.333. The second-order valence-electron chi connectivity index (χ2n) is 7.89. The van der Waals surface area contributed by atoms with Gasteiger partial charge in [0.15, 0.2) is 0 Å². The van der Waals surface area contributed by atoms with Crippen LogP contribution in [0.5, 0.6) is 0 Å². The summed E-state index contributed by atoms with van der Waals surface area (Å²) >= 11 is 0. The van der Waals surface area contributed by atoms with E-state index in [4.69, 9.17) is 5.73 Å². The van der Waals surface area contributed by atoms with Crippen LogP contribution in [0, 0.1) is 12.8 Å². The number of nitrogens with two attached hydrogens (primary N) is 1. The van der Waals surface area contributed by atoms with Gasteiger partial charge in [0.2, 0.25) is 5.91 Å². The van der Waals surface area contributed by atoms with Crippen LogP contribution in [0.3, 0.4) is 0 Å². The number of hydrogen-bond donors (Lipinski definition) is 2. The molecule has 1 aromatic carbocycles. The number of fused-ring (bicyclic) bond motifs is 2. The number of piperidine rings is 2. The quantitative estimate of drug-likeness (QED) is 0.867. The Hall–Kier alpha value is -1.85. The first-order valence-electron chi connectivity index (χ1n) is 9.95. The second kappa shape index (κ2) is 7.41. The molecule has 0 spiro atoms. The maximum atomic E-state index is 12.3.